The molecule has 0 bridgehead atoms. The minimum Gasteiger partial charge on any atom is -0.469 e. The van der Waals surface area contributed by atoms with Crippen LogP contribution >= 0.6 is 0 Å². The van der Waals surface area contributed by atoms with Crippen molar-refractivity contribution in [1.82, 2.24) is 15.2 Å². The summed E-state index contributed by atoms with van der Waals surface area (Å²) in [6, 6.07) is 7.43. The number of anilines is 1. The molecule has 0 unspecified atom stereocenters. The number of rotatable bonds is 5. The van der Waals surface area contributed by atoms with Gasteiger partial charge < -0.3 is 10.1 Å². The van der Waals surface area contributed by atoms with Crippen molar-refractivity contribution in [1.29, 1.82) is 0 Å². The summed E-state index contributed by atoms with van der Waals surface area (Å²) < 4.78 is 4.54. The molecule has 0 saturated carbocycles. The summed E-state index contributed by atoms with van der Waals surface area (Å²) in [7, 11) is 1.37. The van der Waals surface area contributed by atoms with Crippen LogP contribution in [0.2, 0.25) is 0 Å². The van der Waals surface area contributed by atoms with Crippen molar-refractivity contribution in [2.75, 3.05) is 19.0 Å². The molecule has 6 heteroatoms. The van der Waals surface area contributed by atoms with E-state index in [1.165, 1.54) is 7.11 Å². The highest BCUT2D eigenvalue weighted by molar-refractivity contribution is 5.69. The lowest BCUT2D eigenvalue weighted by atomic mass is 10.2. The zero-order valence-electron chi connectivity index (χ0n) is 10.5. The largest absolute Gasteiger partial charge is 0.469 e. The van der Waals surface area contributed by atoms with Crippen molar-refractivity contribution in [3.63, 3.8) is 0 Å². The Hall–Kier alpha value is -2.50. The van der Waals surface area contributed by atoms with Gasteiger partial charge in [0.2, 0.25) is 0 Å². The molecule has 0 spiro atoms. The van der Waals surface area contributed by atoms with Gasteiger partial charge in [-0.3, -0.25) is 9.78 Å². The summed E-state index contributed by atoms with van der Waals surface area (Å²) in [6.07, 6.45) is 3.73. The number of hydrogen-bond acceptors (Lipinski definition) is 6. The topological polar surface area (TPSA) is 77.0 Å². The molecule has 2 aromatic rings. The van der Waals surface area contributed by atoms with Gasteiger partial charge in [-0.2, -0.15) is 0 Å². The molecule has 0 aliphatic heterocycles. The predicted molar refractivity (Wildman–Crippen MR) is 70.4 cm³/mol. The Labute approximate surface area is 110 Å². The molecule has 2 aromatic heterocycles. The zero-order valence-corrected chi connectivity index (χ0v) is 10.5. The number of methoxy groups -OCH3 is 1. The quantitative estimate of drug-likeness (QED) is 0.819. The average molecular weight is 258 g/mol. The fraction of sp³-hybridized carbons (Fsp3) is 0.231. The van der Waals surface area contributed by atoms with E-state index in [2.05, 4.69) is 25.2 Å². The first-order valence-corrected chi connectivity index (χ1v) is 5.84. The molecule has 98 valence electrons. The fourth-order valence-corrected chi connectivity index (χ4v) is 1.49. The van der Waals surface area contributed by atoms with Crippen molar-refractivity contribution in [3.8, 4) is 11.3 Å². The molecule has 2 rings (SSSR count). The molecule has 0 aliphatic rings. The molecule has 2 heterocycles. The minimum absolute atomic E-state index is 0.257. The van der Waals surface area contributed by atoms with Gasteiger partial charge in [-0.15, -0.1) is 10.2 Å². The minimum atomic E-state index is -0.257. The second-order valence-electron chi connectivity index (χ2n) is 3.80. The summed E-state index contributed by atoms with van der Waals surface area (Å²) in [5.41, 5.74) is 1.67. The van der Waals surface area contributed by atoms with Gasteiger partial charge in [-0.1, -0.05) is 0 Å². The van der Waals surface area contributed by atoms with Crippen LogP contribution in [0.5, 0.6) is 0 Å². The number of carbonyl (C=O) groups excluding carboxylic acids is 1. The van der Waals surface area contributed by atoms with E-state index in [0.29, 0.717) is 18.8 Å². The second kappa shape index (κ2) is 6.44. The Morgan fingerprint density at radius 3 is 2.84 bits per heavy atom. The van der Waals surface area contributed by atoms with Crippen LogP contribution in [0.3, 0.4) is 0 Å². The fourth-order valence-electron chi connectivity index (χ4n) is 1.49. The highest BCUT2D eigenvalue weighted by atomic mass is 16.5. The molecule has 6 nitrogen and oxygen atoms in total. The number of esters is 1. The molecule has 0 fully saturated rings. The van der Waals surface area contributed by atoms with E-state index in [9.17, 15) is 4.79 Å². The lowest BCUT2D eigenvalue weighted by Gasteiger charge is -2.04. The van der Waals surface area contributed by atoms with Crippen molar-refractivity contribution >= 4 is 11.8 Å². The van der Waals surface area contributed by atoms with Crippen molar-refractivity contribution < 1.29 is 9.53 Å². The van der Waals surface area contributed by atoms with Crippen molar-refractivity contribution in [2.45, 2.75) is 6.42 Å². The SMILES string of the molecule is COC(=O)CCNc1ccc(-c2cccnc2)nn1. The molecular weight excluding hydrogens is 244 g/mol. The van der Waals surface area contributed by atoms with Gasteiger partial charge in [0, 0.05) is 24.5 Å². The predicted octanol–water partition coefficient (Wildman–Crippen LogP) is 1.51. The summed E-state index contributed by atoms with van der Waals surface area (Å²) in [6.45, 7) is 0.466. The van der Waals surface area contributed by atoms with E-state index in [4.69, 9.17) is 0 Å². The molecular formula is C13H14N4O2. The van der Waals surface area contributed by atoms with Gasteiger partial charge in [0.15, 0.2) is 0 Å². The number of ether oxygens (including phenoxy) is 1. The van der Waals surface area contributed by atoms with Crippen LogP contribution in [0.1, 0.15) is 6.42 Å². The monoisotopic (exact) mass is 258 g/mol. The number of nitrogens with one attached hydrogen (secondary N) is 1. The van der Waals surface area contributed by atoms with Crippen LogP contribution in [0, 0.1) is 0 Å². The molecule has 0 amide bonds. The zero-order chi connectivity index (χ0) is 13.5. The van der Waals surface area contributed by atoms with Gasteiger partial charge in [-0.05, 0) is 24.3 Å². The Morgan fingerprint density at radius 1 is 1.32 bits per heavy atom. The first kappa shape index (κ1) is 12.9. The average Bonchev–Trinajstić information content (AvgIpc) is 2.48. The molecule has 0 radical (unpaired) electrons. The third-order valence-electron chi connectivity index (χ3n) is 2.48. The van der Waals surface area contributed by atoms with E-state index in [1.54, 1.807) is 12.4 Å². The van der Waals surface area contributed by atoms with Gasteiger partial charge in [-0.25, -0.2) is 0 Å². The number of carbonyl (C=O) groups is 1. The number of nitrogens with zero attached hydrogens (tertiary/aromatic N) is 3. The Morgan fingerprint density at radius 2 is 2.21 bits per heavy atom. The Kier molecular flexibility index (Phi) is 4.39. The highest BCUT2D eigenvalue weighted by Gasteiger charge is 2.02. The number of hydrogen-bond donors (Lipinski definition) is 1. The van der Waals surface area contributed by atoms with Crippen molar-refractivity contribution in [3.05, 3.63) is 36.7 Å². The van der Waals surface area contributed by atoms with Gasteiger partial charge in [0.1, 0.15) is 5.82 Å². The second-order valence-corrected chi connectivity index (χ2v) is 3.80. The standard InChI is InChI=1S/C13H14N4O2/c1-19-13(18)6-8-15-12-5-4-11(16-17-12)10-3-2-7-14-9-10/h2-5,7,9H,6,8H2,1H3,(H,15,17). The lowest BCUT2D eigenvalue weighted by Crippen LogP contribution is -2.10. The first-order chi connectivity index (χ1) is 9.29. The molecule has 1 N–H and O–H groups in total. The first-order valence-electron chi connectivity index (χ1n) is 5.84. The molecule has 19 heavy (non-hydrogen) atoms. The molecule has 0 aliphatic carbocycles. The third-order valence-corrected chi connectivity index (χ3v) is 2.48. The van der Waals surface area contributed by atoms with Crippen LogP contribution in [-0.2, 0) is 9.53 Å². The van der Waals surface area contributed by atoms with E-state index < -0.39 is 0 Å². The summed E-state index contributed by atoms with van der Waals surface area (Å²) >= 11 is 0. The Bertz CT molecular complexity index is 528. The summed E-state index contributed by atoms with van der Waals surface area (Å²) in [5, 5.41) is 11.1. The van der Waals surface area contributed by atoms with E-state index in [0.717, 1.165) is 11.3 Å². The van der Waals surface area contributed by atoms with Crippen LogP contribution in [0.25, 0.3) is 11.3 Å². The lowest BCUT2D eigenvalue weighted by molar-refractivity contribution is -0.140. The van der Waals surface area contributed by atoms with E-state index >= 15 is 0 Å². The van der Waals surface area contributed by atoms with E-state index in [1.807, 2.05) is 24.3 Å². The van der Waals surface area contributed by atoms with Gasteiger partial charge >= 0.3 is 5.97 Å². The van der Waals surface area contributed by atoms with Crippen LogP contribution < -0.4 is 5.32 Å². The van der Waals surface area contributed by atoms with Gasteiger partial charge in [0.25, 0.3) is 0 Å². The maximum atomic E-state index is 10.9. The van der Waals surface area contributed by atoms with Gasteiger partial charge in [0.05, 0.1) is 19.2 Å². The molecule has 0 atom stereocenters. The summed E-state index contributed by atoms with van der Waals surface area (Å²) in [4.78, 5) is 15.0. The van der Waals surface area contributed by atoms with Crippen molar-refractivity contribution in [2.24, 2.45) is 0 Å². The number of pyridine rings is 1. The third kappa shape index (κ3) is 3.74. The van der Waals surface area contributed by atoms with Crippen LogP contribution in [0.15, 0.2) is 36.7 Å². The van der Waals surface area contributed by atoms with E-state index in [-0.39, 0.29) is 5.97 Å². The maximum absolute atomic E-state index is 10.9. The van der Waals surface area contributed by atoms with Crippen LogP contribution in [-0.4, -0.2) is 34.8 Å². The maximum Gasteiger partial charge on any atom is 0.307 e. The number of aromatic nitrogens is 3. The molecule has 0 aromatic carbocycles. The smallest absolute Gasteiger partial charge is 0.307 e. The highest BCUT2D eigenvalue weighted by Crippen LogP contribution is 2.15. The summed E-state index contributed by atoms with van der Waals surface area (Å²) in [5.74, 6) is 0.365. The van der Waals surface area contributed by atoms with Crippen LogP contribution in [0.4, 0.5) is 5.82 Å². The Balaban J connectivity index is 1.94. The molecule has 0 saturated heterocycles. The normalized spacial score (nSPS) is 9.95.